The molecule has 0 heterocycles. The first kappa shape index (κ1) is 63.5. The number of allylic oxidation sites excluding steroid dienone is 22. The zero-order valence-corrected chi connectivity index (χ0v) is 43.6. The van der Waals surface area contributed by atoms with Crippen molar-refractivity contribution in [1.29, 1.82) is 0 Å². The lowest BCUT2D eigenvalue weighted by Gasteiger charge is -2.18. The second-order valence-electron chi connectivity index (χ2n) is 17.4. The van der Waals surface area contributed by atoms with Crippen LogP contribution in [0.3, 0.4) is 0 Å². The molecule has 0 aromatic rings. The summed E-state index contributed by atoms with van der Waals surface area (Å²) in [6, 6.07) is 0. The minimum absolute atomic E-state index is 0.125. The van der Waals surface area contributed by atoms with Crippen molar-refractivity contribution in [3.8, 4) is 0 Å². The highest BCUT2D eigenvalue weighted by atomic mass is 16.6. The summed E-state index contributed by atoms with van der Waals surface area (Å²) in [6.07, 6.45) is 77.3. The van der Waals surface area contributed by atoms with E-state index in [9.17, 15) is 14.4 Å². The van der Waals surface area contributed by atoms with Crippen LogP contribution in [0, 0.1) is 0 Å². The molecule has 6 heteroatoms. The number of carbonyl (C=O) groups is 3. The van der Waals surface area contributed by atoms with Crippen molar-refractivity contribution in [2.75, 3.05) is 13.2 Å². The maximum Gasteiger partial charge on any atom is 0.306 e. The SMILES string of the molecule is CC/C=C\C/C=C\C/C=C\C/C=C\C/C=C\CCCCCC(=O)OCC(COC(=O)CCCCCCCCC/C=C\CCCCCC)OC(=O)CC/C=C\C/C=C\C/C=C\C/C=C\C/C=C\CC. The van der Waals surface area contributed by atoms with Gasteiger partial charge in [-0.05, 0) is 122 Å². The highest BCUT2D eigenvalue weighted by Crippen LogP contribution is 2.13. The van der Waals surface area contributed by atoms with Gasteiger partial charge in [-0.1, -0.05) is 212 Å². The molecule has 0 N–H and O–H groups in total. The van der Waals surface area contributed by atoms with Gasteiger partial charge in [0.15, 0.2) is 6.10 Å². The number of carbonyl (C=O) groups excluding carboxylic acids is 3. The molecule has 0 amide bonds. The van der Waals surface area contributed by atoms with Gasteiger partial charge < -0.3 is 14.2 Å². The van der Waals surface area contributed by atoms with Crippen LogP contribution in [-0.4, -0.2) is 37.2 Å². The van der Waals surface area contributed by atoms with Gasteiger partial charge in [-0.3, -0.25) is 14.4 Å². The van der Waals surface area contributed by atoms with Crippen molar-refractivity contribution in [1.82, 2.24) is 0 Å². The Morgan fingerprint density at radius 3 is 0.985 bits per heavy atom. The number of hydrogen-bond acceptors (Lipinski definition) is 6. The second kappa shape index (κ2) is 55.1. The molecule has 0 fully saturated rings. The van der Waals surface area contributed by atoms with E-state index in [1.165, 1.54) is 64.2 Å². The minimum Gasteiger partial charge on any atom is -0.462 e. The summed E-state index contributed by atoms with van der Waals surface area (Å²) in [5, 5.41) is 0. The molecule has 0 saturated heterocycles. The molecule has 382 valence electrons. The Kier molecular flexibility index (Phi) is 51.5. The summed E-state index contributed by atoms with van der Waals surface area (Å²) in [5.41, 5.74) is 0. The van der Waals surface area contributed by atoms with E-state index < -0.39 is 12.1 Å². The van der Waals surface area contributed by atoms with Crippen molar-refractivity contribution in [2.45, 2.75) is 226 Å². The van der Waals surface area contributed by atoms with E-state index in [0.717, 1.165) is 109 Å². The van der Waals surface area contributed by atoms with Gasteiger partial charge in [0.2, 0.25) is 0 Å². The standard InChI is InChI=1S/C62H98O6/c1-4-7-10-13-16-19-22-25-28-30-31-32-35-37-40-43-46-49-52-55-61(64)67-58-59(57-66-60(63)54-51-48-45-42-39-36-33-27-24-21-18-15-12-9-6-3)68-62(65)56-53-50-47-44-41-38-34-29-26-23-20-17-14-11-8-5-2/h7-8,10-11,16-17,19-21,24-26,28-29,31-32,37-38,40-41,47,50,59H,4-6,9,12-15,18,22-23,27,30,33-36,39,42-46,48-49,51-58H2,1-3H3/b10-7-,11-8-,19-16-,20-17-,24-21-,28-25-,29-26-,32-31-,40-37-,41-38-,50-47-. The lowest BCUT2D eigenvalue weighted by atomic mass is 10.1. The van der Waals surface area contributed by atoms with Crippen molar-refractivity contribution >= 4 is 17.9 Å². The Labute approximate surface area is 417 Å². The lowest BCUT2D eigenvalue weighted by Crippen LogP contribution is -2.30. The molecule has 1 unspecified atom stereocenters. The molecule has 0 radical (unpaired) electrons. The van der Waals surface area contributed by atoms with Gasteiger partial charge in [-0.15, -0.1) is 0 Å². The fraction of sp³-hybridized carbons (Fsp3) is 0.597. The second-order valence-corrected chi connectivity index (χ2v) is 17.4. The first-order valence-electron chi connectivity index (χ1n) is 27.2. The highest BCUT2D eigenvalue weighted by molar-refractivity contribution is 5.71. The summed E-state index contributed by atoms with van der Waals surface area (Å²) < 4.78 is 16.7. The third kappa shape index (κ3) is 52.5. The largest absolute Gasteiger partial charge is 0.462 e. The molecule has 0 bridgehead atoms. The molecule has 68 heavy (non-hydrogen) atoms. The summed E-state index contributed by atoms with van der Waals surface area (Å²) >= 11 is 0. The minimum atomic E-state index is -0.838. The summed E-state index contributed by atoms with van der Waals surface area (Å²) in [5.74, 6) is -1.05. The smallest absolute Gasteiger partial charge is 0.306 e. The number of esters is 3. The molecule has 0 aromatic carbocycles. The van der Waals surface area contributed by atoms with E-state index in [0.29, 0.717) is 19.3 Å². The van der Waals surface area contributed by atoms with Crippen LogP contribution in [0.25, 0.3) is 0 Å². The number of rotatable bonds is 47. The average Bonchev–Trinajstić information content (AvgIpc) is 3.34. The molecular formula is C62H98O6. The van der Waals surface area contributed by atoms with Gasteiger partial charge in [-0.25, -0.2) is 0 Å². The normalized spacial score (nSPS) is 13.2. The molecule has 0 spiro atoms. The van der Waals surface area contributed by atoms with Crippen molar-refractivity contribution in [2.24, 2.45) is 0 Å². The Balaban J connectivity index is 4.58. The van der Waals surface area contributed by atoms with Crippen LogP contribution in [0.2, 0.25) is 0 Å². The predicted octanol–water partition coefficient (Wildman–Crippen LogP) is 18.3. The number of unbranched alkanes of at least 4 members (excludes halogenated alkanes) is 14. The molecule has 1 atom stereocenters. The lowest BCUT2D eigenvalue weighted by molar-refractivity contribution is -0.166. The molecule has 6 nitrogen and oxygen atoms in total. The van der Waals surface area contributed by atoms with E-state index in [1.807, 2.05) is 12.2 Å². The topological polar surface area (TPSA) is 78.9 Å². The Morgan fingerprint density at radius 1 is 0.309 bits per heavy atom. The number of ether oxygens (including phenoxy) is 3. The molecule has 0 saturated carbocycles. The van der Waals surface area contributed by atoms with Crippen LogP contribution in [0.4, 0.5) is 0 Å². The maximum absolute atomic E-state index is 12.8. The van der Waals surface area contributed by atoms with E-state index in [4.69, 9.17) is 14.2 Å². The molecule has 0 rings (SSSR count). The maximum atomic E-state index is 12.8. The third-order valence-corrected chi connectivity index (χ3v) is 10.9. The Bertz CT molecular complexity index is 1500. The first-order valence-corrected chi connectivity index (χ1v) is 27.2. The monoisotopic (exact) mass is 939 g/mol. The van der Waals surface area contributed by atoms with E-state index in [1.54, 1.807) is 0 Å². The van der Waals surface area contributed by atoms with Gasteiger partial charge in [-0.2, -0.15) is 0 Å². The summed E-state index contributed by atoms with van der Waals surface area (Å²) in [6.45, 7) is 6.29. The van der Waals surface area contributed by atoms with E-state index in [2.05, 4.69) is 142 Å². The van der Waals surface area contributed by atoms with Crippen molar-refractivity contribution in [3.63, 3.8) is 0 Å². The first-order chi connectivity index (χ1) is 33.5. The van der Waals surface area contributed by atoms with Crippen LogP contribution in [0.1, 0.15) is 220 Å². The van der Waals surface area contributed by atoms with Gasteiger partial charge in [0.05, 0.1) is 0 Å². The molecule has 0 aliphatic heterocycles. The van der Waals surface area contributed by atoms with Crippen LogP contribution in [0.15, 0.2) is 134 Å². The van der Waals surface area contributed by atoms with Gasteiger partial charge in [0.1, 0.15) is 13.2 Å². The Hall–Kier alpha value is -4.45. The summed E-state index contributed by atoms with van der Waals surface area (Å²) in [4.78, 5) is 38.1. The van der Waals surface area contributed by atoms with Gasteiger partial charge >= 0.3 is 17.9 Å². The zero-order valence-electron chi connectivity index (χ0n) is 43.6. The quantitative estimate of drug-likeness (QED) is 0.0262. The van der Waals surface area contributed by atoms with Gasteiger partial charge in [0.25, 0.3) is 0 Å². The molecule has 0 aliphatic carbocycles. The third-order valence-electron chi connectivity index (χ3n) is 10.9. The number of hydrogen-bond donors (Lipinski definition) is 0. The van der Waals surface area contributed by atoms with E-state index >= 15 is 0 Å². The van der Waals surface area contributed by atoms with Crippen molar-refractivity contribution in [3.05, 3.63) is 134 Å². The fourth-order valence-electron chi connectivity index (χ4n) is 6.86. The zero-order chi connectivity index (χ0) is 49.3. The molecular weight excluding hydrogens is 841 g/mol. The predicted molar refractivity (Wildman–Crippen MR) is 292 cm³/mol. The van der Waals surface area contributed by atoms with Crippen molar-refractivity contribution < 1.29 is 28.6 Å². The van der Waals surface area contributed by atoms with Crippen LogP contribution < -0.4 is 0 Å². The molecule has 0 aliphatic rings. The van der Waals surface area contributed by atoms with E-state index in [-0.39, 0.29) is 31.6 Å². The Morgan fingerprint density at radius 2 is 0.603 bits per heavy atom. The van der Waals surface area contributed by atoms with Crippen LogP contribution in [0.5, 0.6) is 0 Å². The van der Waals surface area contributed by atoms with Crippen LogP contribution >= 0.6 is 0 Å². The fourth-order valence-corrected chi connectivity index (χ4v) is 6.86. The average molecular weight is 939 g/mol. The summed E-state index contributed by atoms with van der Waals surface area (Å²) in [7, 11) is 0. The molecule has 0 aromatic heterocycles. The highest BCUT2D eigenvalue weighted by Gasteiger charge is 2.19. The van der Waals surface area contributed by atoms with Crippen LogP contribution in [-0.2, 0) is 28.6 Å². The van der Waals surface area contributed by atoms with Gasteiger partial charge in [0, 0.05) is 19.3 Å².